The summed E-state index contributed by atoms with van der Waals surface area (Å²) in [5.74, 6) is 0.333. The molecule has 0 saturated carbocycles. The maximum atomic E-state index is 11.6. The van der Waals surface area contributed by atoms with Gasteiger partial charge in [0.05, 0.1) is 0 Å². The molecule has 2 heteroatoms. The van der Waals surface area contributed by atoms with Crippen LogP contribution in [0, 0.1) is 0 Å². The van der Waals surface area contributed by atoms with Crippen molar-refractivity contribution in [3.05, 3.63) is 35.4 Å². The fraction of sp³-hybridized carbons (Fsp3) is 0.500. The molecular weight excluding hydrogens is 198 g/mol. The fourth-order valence-electron chi connectivity index (χ4n) is 1.67. The van der Waals surface area contributed by atoms with E-state index < -0.39 is 0 Å². The zero-order valence-electron chi connectivity index (χ0n) is 10.3. The molecule has 0 aliphatic heterocycles. The van der Waals surface area contributed by atoms with Crippen molar-refractivity contribution >= 4 is 5.78 Å². The van der Waals surface area contributed by atoms with Crippen molar-refractivity contribution in [2.45, 2.75) is 32.6 Å². The summed E-state index contributed by atoms with van der Waals surface area (Å²) in [6.07, 6.45) is 3.24. The molecule has 0 atom stereocenters. The van der Waals surface area contributed by atoms with E-state index in [4.69, 9.17) is 0 Å². The van der Waals surface area contributed by atoms with Gasteiger partial charge in [-0.15, -0.1) is 0 Å². The highest BCUT2D eigenvalue weighted by Gasteiger charge is 2.03. The Morgan fingerprint density at radius 3 is 2.38 bits per heavy atom. The number of hydrogen-bond acceptors (Lipinski definition) is 2. The molecule has 0 unspecified atom stereocenters. The normalized spacial score (nSPS) is 10.4. The van der Waals surface area contributed by atoms with Gasteiger partial charge in [-0.2, -0.15) is 0 Å². The second-order valence-electron chi connectivity index (χ2n) is 4.09. The van der Waals surface area contributed by atoms with Crippen LogP contribution in [0.5, 0.6) is 0 Å². The maximum absolute atomic E-state index is 11.6. The highest BCUT2D eigenvalue weighted by Crippen LogP contribution is 2.07. The average molecular weight is 219 g/mol. The van der Waals surface area contributed by atoms with E-state index in [1.807, 2.05) is 7.05 Å². The SMILES string of the molecule is CCc1ccc(CC(=O)CCCNC)cc1. The molecule has 0 fully saturated rings. The molecule has 1 aromatic rings. The minimum atomic E-state index is 0.333. The maximum Gasteiger partial charge on any atom is 0.137 e. The van der Waals surface area contributed by atoms with Gasteiger partial charge in [-0.1, -0.05) is 31.2 Å². The molecule has 0 heterocycles. The van der Waals surface area contributed by atoms with E-state index in [2.05, 4.69) is 36.5 Å². The first kappa shape index (κ1) is 12.9. The molecule has 1 N–H and O–H groups in total. The summed E-state index contributed by atoms with van der Waals surface area (Å²) in [5, 5.41) is 3.05. The Labute approximate surface area is 98.1 Å². The smallest absolute Gasteiger partial charge is 0.137 e. The van der Waals surface area contributed by atoms with Gasteiger partial charge in [-0.05, 0) is 37.6 Å². The zero-order chi connectivity index (χ0) is 11.8. The quantitative estimate of drug-likeness (QED) is 0.713. The van der Waals surface area contributed by atoms with E-state index in [1.54, 1.807) is 0 Å². The third kappa shape index (κ3) is 4.58. The van der Waals surface area contributed by atoms with Gasteiger partial charge in [0.25, 0.3) is 0 Å². The number of nitrogens with one attached hydrogen (secondary N) is 1. The largest absolute Gasteiger partial charge is 0.320 e. The van der Waals surface area contributed by atoms with E-state index in [0.29, 0.717) is 18.6 Å². The molecule has 0 aromatic heterocycles. The Morgan fingerprint density at radius 1 is 1.19 bits per heavy atom. The predicted molar refractivity (Wildman–Crippen MR) is 67.7 cm³/mol. The van der Waals surface area contributed by atoms with Crippen molar-refractivity contribution in [3.63, 3.8) is 0 Å². The number of benzene rings is 1. The van der Waals surface area contributed by atoms with Gasteiger partial charge in [0, 0.05) is 12.8 Å². The number of hydrogen-bond donors (Lipinski definition) is 1. The topological polar surface area (TPSA) is 29.1 Å². The van der Waals surface area contributed by atoms with Crippen molar-refractivity contribution in [1.29, 1.82) is 0 Å². The summed E-state index contributed by atoms with van der Waals surface area (Å²) in [4.78, 5) is 11.6. The van der Waals surface area contributed by atoms with E-state index in [1.165, 1.54) is 5.56 Å². The minimum Gasteiger partial charge on any atom is -0.320 e. The van der Waals surface area contributed by atoms with E-state index >= 15 is 0 Å². The third-order valence-corrected chi connectivity index (χ3v) is 2.71. The van der Waals surface area contributed by atoms with Crippen LogP contribution in [-0.4, -0.2) is 19.4 Å². The molecular formula is C14H21NO. The molecule has 2 nitrogen and oxygen atoms in total. The summed E-state index contributed by atoms with van der Waals surface area (Å²) < 4.78 is 0. The molecule has 88 valence electrons. The van der Waals surface area contributed by atoms with E-state index in [9.17, 15) is 4.79 Å². The van der Waals surface area contributed by atoms with Crippen LogP contribution in [0.1, 0.15) is 30.9 Å². The van der Waals surface area contributed by atoms with Gasteiger partial charge in [-0.3, -0.25) is 4.79 Å². The van der Waals surface area contributed by atoms with Crippen molar-refractivity contribution in [3.8, 4) is 0 Å². The minimum absolute atomic E-state index is 0.333. The molecule has 0 saturated heterocycles. The van der Waals surface area contributed by atoms with Crippen LogP contribution in [0.4, 0.5) is 0 Å². The van der Waals surface area contributed by atoms with Gasteiger partial charge >= 0.3 is 0 Å². The first-order valence-electron chi connectivity index (χ1n) is 6.00. The molecule has 1 aromatic carbocycles. The number of Topliss-reactive ketones (excluding diaryl/α,β-unsaturated/α-hetero) is 1. The Morgan fingerprint density at radius 2 is 1.81 bits per heavy atom. The highest BCUT2D eigenvalue weighted by atomic mass is 16.1. The highest BCUT2D eigenvalue weighted by molar-refractivity contribution is 5.80. The van der Waals surface area contributed by atoms with Crippen LogP contribution < -0.4 is 5.32 Å². The monoisotopic (exact) mass is 219 g/mol. The summed E-state index contributed by atoms with van der Waals surface area (Å²) in [5.41, 5.74) is 2.46. The van der Waals surface area contributed by atoms with Crippen LogP contribution in [-0.2, 0) is 17.6 Å². The molecule has 0 aliphatic carbocycles. The number of rotatable bonds is 7. The zero-order valence-corrected chi connectivity index (χ0v) is 10.3. The molecule has 0 bridgehead atoms. The van der Waals surface area contributed by atoms with Crippen LogP contribution in [0.25, 0.3) is 0 Å². The first-order chi connectivity index (χ1) is 7.76. The van der Waals surface area contributed by atoms with E-state index in [-0.39, 0.29) is 0 Å². The molecule has 0 aliphatic rings. The van der Waals surface area contributed by atoms with Crippen molar-refractivity contribution < 1.29 is 4.79 Å². The molecule has 1 rings (SSSR count). The Bertz CT molecular complexity index is 316. The lowest BCUT2D eigenvalue weighted by Gasteiger charge is -2.03. The second-order valence-corrected chi connectivity index (χ2v) is 4.09. The van der Waals surface area contributed by atoms with Crippen molar-refractivity contribution in [2.75, 3.05) is 13.6 Å². The Kier molecular flexibility index (Phi) is 5.79. The summed E-state index contributed by atoms with van der Waals surface area (Å²) >= 11 is 0. The lowest BCUT2D eigenvalue weighted by atomic mass is 10.0. The number of carbonyl (C=O) groups is 1. The van der Waals surface area contributed by atoms with Gasteiger partial charge < -0.3 is 5.32 Å². The lowest BCUT2D eigenvalue weighted by molar-refractivity contribution is -0.118. The van der Waals surface area contributed by atoms with Crippen LogP contribution in [0.3, 0.4) is 0 Å². The van der Waals surface area contributed by atoms with Crippen LogP contribution in [0.2, 0.25) is 0 Å². The fourth-order valence-corrected chi connectivity index (χ4v) is 1.67. The summed E-state index contributed by atoms with van der Waals surface area (Å²) in [6.45, 7) is 3.05. The Hall–Kier alpha value is -1.15. The van der Waals surface area contributed by atoms with Gasteiger partial charge in [0.1, 0.15) is 5.78 Å². The summed E-state index contributed by atoms with van der Waals surface area (Å²) in [6, 6.07) is 8.34. The van der Waals surface area contributed by atoms with E-state index in [0.717, 1.165) is 24.9 Å². The third-order valence-electron chi connectivity index (χ3n) is 2.71. The molecule has 0 radical (unpaired) electrons. The number of carbonyl (C=O) groups excluding carboxylic acids is 1. The Balaban J connectivity index is 2.37. The summed E-state index contributed by atoms with van der Waals surface area (Å²) in [7, 11) is 1.91. The molecule has 16 heavy (non-hydrogen) atoms. The molecule has 0 spiro atoms. The predicted octanol–water partition coefficient (Wildman–Crippen LogP) is 2.36. The number of ketones is 1. The van der Waals surface area contributed by atoms with Gasteiger partial charge in [0.2, 0.25) is 0 Å². The average Bonchev–Trinajstić information content (AvgIpc) is 2.30. The second kappa shape index (κ2) is 7.18. The molecule has 0 amide bonds. The van der Waals surface area contributed by atoms with Crippen molar-refractivity contribution in [1.82, 2.24) is 5.32 Å². The standard InChI is InChI=1S/C14H21NO/c1-3-12-6-8-13(9-7-12)11-14(16)5-4-10-15-2/h6-9,15H,3-5,10-11H2,1-2H3. The van der Waals surface area contributed by atoms with Gasteiger partial charge in [0.15, 0.2) is 0 Å². The lowest BCUT2D eigenvalue weighted by Crippen LogP contribution is -2.11. The number of aryl methyl sites for hydroxylation is 1. The van der Waals surface area contributed by atoms with Gasteiger partial charge in [-0.25, -0.2) is 0 Å². The van der Waals surface area contributed by atoms with Crippen LogP contribution in [0.15, 0.2) is 24.3 Å². The van der Waals surface area contributed by atoms with Crippen molar-refractivity contribution in [2.24, 2.45) is 0 Å². The first-order valence-corrected chi connectivity index (χ1v) is 6.00. The van der Waals surface area contributed by atoms with Crippen LogP contribution >= 0.6 is 0 Å².